The van der Waals surface area contributed by atoms with Crippen LogP contribution in [0.4, 0.5) is 5.82 Å². The third-order valence-electron chi connectivity index (χ3n) is 4.68. The second-order valence-electron chi connectivity index (χ2n) is 6.91. The van der Waals surface area contributed by atoms with E-state index in [0.717, 1.165) is 52.2 Å². The molecule has 0 atom stereocenters. The van der Waals surface area contributed by atoms with Crippen molar-refractivity contribution < 1.29 is 9.53 Å². The van der Waals surface area contributed by atoms with Crippen LogP contribution in [0.15, 0.2) is 36.4 Å². The van der Waals surface area contributed by atoms with Gasteiger partial charge in [-0.2, -0.15) is 0 Å². The molecule has 2 aromatic rings. The summed E-state index contributed by atoms with van der Waals surface area (Å²) in [5.74, 6) is 1.12. The average Bonchev–Trinajstić information content (AvgIpc) is 2.72. The maximum Gasteiger partial charge on any atom is 0.270 e. The largest absolute Gasteiger partial charge is 0.379 e. The lowest BCUT2D eigenvalue weighted by molar-refractivity contribution is 0.0383. The van der Waals surface area contributed by atoms with E-state index in [1.54, 1.807) is 13.0 Å². The monoisotopic (exact) mass is 383 g/mol. The Balaban J connectivity index is 1.44. The smallest absolute Gasteiger partial charge is 0.270 e. The van der Waals surface area contributed by atoms with Crippen molar-refractivity contribution in [2.75, 3.05) is 51.3 Å². The molecule has 7 nitrogen and oxygen atoms in total. The van der Waals surface area contributed by atoms with Crippen LogP contribution in [0.2, 0.25) is 0 Å². The summed E-state index contributed by atoms with van der Waals surface area (Å²) >= 11 is 0. The van der Waals surface area contributed by atoms with Gasteiger partial charge in [-0.1, -0.05) is 30.3 Å². The van der Waals surface area contributed by atoms with E-state index in [4.69, 9.17) is 4.74 Å². The van der Waals surface area contributed by atoms with Crippen LogP contribution in [-0.4, -0.2) is 66.7 Å². The maximum atomic E-state index is 12.4. The lowest BCUT2D eigenvalue weighted by Gasteiger charge is -2.26. The number of nitrogens with zero attached hydrogens (tertiary/aromatic N) is 3. The van der Waals surface area contributed by atoms with Crippen LogP contribution in [0.5, 0.6) is 0 Å². The van der Waals surface area contributed by atoms with Gasteiger partial charge in [-0.05, 0) is 25.3 Å². The van der Waals surface area contributed by atoms with E-state index in [1.807, 2.05) is 6.07 Å². The lowest BCUT2D eigenvalue weighted by Crippen LogP contribution is -2.41. The van der Waals surface area contributed by atoms with Gasteiger partial charge in [0.05, 0.1) is 13.2 Å². The molecule has 0 radical (unpaired) electrons. The summed E-state index contributed by atoms with van der Waals surface area (Å²) in [6, 6.07) is 12.1. The molecule has 0 aliphatic carbocycles. The van der Waals surface area contributed by atoms with Crippen molar-refractivity contribution in [3.8, 4) is 0 Å². The van der Waals surface area contributed by atoms with E-state index >= 15 is 0 Å². The topological polar surface area (TPSA) is 79.4 Å². The van der Waals surface area contributed by atoms with Crippen molar-refractivity contribution in [3.05, 3.63) is 53.5 Å². The zero-order valence-electron chi connectivity index (χ0n) is 16.5. The Labute approximate surface area is 166 Å². The van der Waals surface area contributed by atoms with Gasteiger partial charge in [0.2, 0.25) is 0 Å². The number of rotatable bonds is 9. The van der Waals surface area contributed by atoms with E-state index < -0.39 is 0 Å². The van der Waals surface area contributed by atoms with Crippen LogP contribution in [0.3, 0.4) is 0 Å². The van der Waals surface area contributed by atoms with Crippen LogP contribution >= 0.6 is 0 Å². The van der Waals surface area contributed by atoms with Gasteiger partial charge in [0.15, 0.2) is 0 Å². The molecule has 1 aliphatic heterocycles. The number of anilines is 1. The minimum absolute atomic E-state index is 0.161. The molecule has 1 aliphatic rings. The van der Waals surface area contributed by atoms with Gasteiger partial charge in [-0.15, -0.1) is 0 Å². The molecule has 0 saturated carbocycles. The standard InChI is InChI=1S/C21H29N5O2/c1-17-24-19(21(27)23-10-11-26-12-14-28-15-13-26)16-20(25-17)22-9-5-8-18-6-3-2-4-7-18/h2-4,6-7,16H,5,8-15H2,1H3,(H,23,27)(H,22,24,25). The van der Waals surface area contributed by atoms with Gasteiger partial charge >= 0.3 is 0 Å². The van der Waals surface area contributed by atoms with Crippen molar-refractivity contribution in [1.29, 1.82) is 0 Å². The minimum atomic E-state index is -0.161. The molecular weight excluding hydrogens is 354 g/mol. The third-order valence-corrected chi connectivity index (χ3v) is 4.68. The van der Waals surface area contributed by atoms with Crippen molar-refractivity contribution in [3.63, 3.8) is 0 Å². The number of aryl methyl sites for hydroxylation is 2. The van der Waals surface area contributed by atoms with Crippen LogP contribution in [-0.2, 0) is 11.2 Å². The predicted octanol–water partition coefficient (Wildman–Crippen LogP) is 1.89. The van der Waals surface area contributed by atoms with E-state index in [1.165, 1.54) is 5.56 Å². The highest BCUT2D eigenvalue weighted by atomic mass is 16.5. The molecule has 1 amide bonds. The van der Waals surface area contributed by atoms with Crippen molar-refractivity contribution >= 4 is 11.7 Å². The van der Waals surface area contributed by atoms with E-state index in [0.29, 0.717) is 23.9 Å². The predicted molar refractivity (Wildman–Crippen MR) is 110 cm³/mol. The molecule has 0 bridgehead atoms. The van der Waals surface area contributed by atoms with E-state index in [-0.39, 0.29) is 5.91 Å². The Hall–Kier alpha value is -2.51. The molecule has 28 heavy (non-hydrogen) atoms. The van der Waals surface area contributed by atoms with Gasteiger partial charge in [0.1, 0.15) is 17.3 Å². The van der Waals surface area contributed by atoms with Crippen LogP contribution in [0.25, 0.3) is 0 Å². The molecule has 7 heteroatoms. The SMILES string of the molecule is Cc1nc(NCCCc2ccccc2)cc(C(=O)NCCN2CCOCC2)n1. The average molecular weight is 383 g/mol. The second kappa shape index (κ2) is 10.7. The highest BCUT2D eigenvalue weighted by Crippen LogP contribution is 2.08. The van der Waals surface area contributed by atoms with E-state index in [2.05, 4.69) is 49.8 Å². The Morgan fingerprint density at radius 2 is 1.93 bits per heavy atom. The molecule has 1 aromatic heterocycles. The molecule has 2 heterocycles. The van der Waals surface area contributed by atoms with Crippen molar-refractivity contribution in [2.45, 2.75) is 19.8 Å². The molecule has 1 saturated heterocycles. The number of hydrogen-bond acceptors (Lipinski definition) is 6. The molecule has 2 N–H and O–H groups in total. The first-order chi connectivity index (χ1) is 13.7. The second-order valence-corrected chi connectivity index (χ2v) is 6.91. The molecule has 150 valence electrons. The number of hydrogen-bond donors (Lipinski definition) is 2. The number of nitrogens with one attached hydrogen (secondary N) is 2. The Morgan fingerprint density at radius 3 is 2.71 bits per heavy atom. The first-order valence-corrected chi connectivity index (χ1v) is 9.92. The summed E-state index contributed by atoms with van der Waals surface area (Å²) in [5.41, 5.74) is 1.73. The Morgan fingerprint density at radius 1 is 1.14 bits per heavy atom. The quantitative estimate of drug-likeness (QED) is 0.644. The number of benzene rings is 1. The van der Waals surface area contributed by atoms with Gasteiger partial charge in [0.25, 0.3) is 5.91 Å². The van der Waals surface area contributed by atoms with Gasteiger partial charge in [0, 0.05) is 38.8 Å². The summed E-state index contributed by atoms with van der Waals surface area (Å²) in [7, 11) is 0. The number of aromatic nitrogens is 2. The summed E-state index contributed by atoms with van der Waals surface area (Å²) in [5, 5.41) is 6.26. The Bertz CT molecular complexity index is 748. The number of morpholine rings is 1. The van der Waals surface area contributed by atoms with Gasteiger partial charge in [-0.3, -0.25) is 9.69 Å². The van der Waals surface area contributed by atoms with Crippen LogP contribution < -0.4 is 10.6 Å². The van der Waals surface area contributed by atoms with Crippen molar-refractivity contribution in [1.82, 2.24) is 20.2 Å². The zero-order chi connectivity index (χ0) is 19.6. The number of amides is 1. The zero-order valence-corrected chi connectivity index (χ0v) is 16.5. The van der Waals surface area contributed by atoms with Gasteiger partial charge < -0.3 is 15.4 Å². The fourth-order valence-corrected chi connectivity index (χ4v) is 3.17. The first kappa shape index (κ1) is 20.2. The number of carbonyl (C=O) groups is 1. The number of carbonyl (C=O) groups excluding carboxylic acids is 1. The van der Waals surface area contributed by atoms with Crippen LogP contribution in [0.1, 0.15) is 28.3 Å². The van der Waals surface area contributed by atoms with Crippen molar-refractivity contribution in [2.24, 2.45) is 0 Å². The third kappa shape index (κ3) is 6.58. The molecule has 0 unspecified atom stereocenters. The highest BCUT2D eigenvalue weighted by Gasteiger charge is 2.13. The molecule has 1 fully saturated rings. The fourth-order valence-electron chi connectivity index (χ4n) is 3.17. The molecule has 3 rings (SSSR count). The molecular formula is C21H29N5O2. The normalized spacial score (nSPS) is 14.6. The first-order valence-electron chi connectivity index (χ1n) is 9.92. The summed E-state index contributed by atoms with van der Waals surface area (Å²) in [6.45, 7) is 7.38. The highest BCUT2D eigenvalue weighted by molar-refractivity contribution is 5.92. The van der Waals surface area contributed by atoms with Crippen LogP contribution in [0, 0.1) is 6.92 Å². The molecule has 1 aromatic carbocycles. The summed E-state index contributed by atoms with van der Waals surface area (Å²) in [4.78, 5) is 23.4. The minimum Gasteiger partial charge on any atom is -0.379 e. The fraction of sp³-hybridized carbons (Fsp3) is 0.476. The molecule has 0 spiro atoms. The summed E-state index contributed by atoms with van der Waals surface area (Å²) in [6.07, 6.45) is 2.00. The number of ether oxygens (including phenoxy) is 1. The van der Waals surface area contributed by atoms with Gasteiger partial charge in [-0.25, -0.2) is 9.97 Å². The maximum absolute atomic E-state index is 12.4. The summed E-state index contributed by atoms with van der Waals surface area (Å²) < 4.78 is 5.34. The lowest BCUT2D eigenvalue weighted by atomic mass is 10.1. The Kier molecular flexibility index (Phi) is 7.75. The van der Waals surface area contributed by atoms with E-state index in [9.17, 15) is 4.79 Å².